The van der Waals surface area contributed by atoms with Crippen molar-refractivity contribution in [2.45, 2.75) is 13.0 Å². The first-order valence-electron chi connectivity index (χ1n) is 6.55. The maximum atomic E-state index is 10.8. The summed E-state index contributed by atoms with van der Waals surface area (Å²) in [6.07, 6.45) is 0.0453. The lowest BCUT2D eigenvalue weighted by molar-refractivity contribution is -0.136. The average Bonchev–Trinajstić information content (AvgIpc) is 2.47. The van der Waals surface area contributed by atoms with Gasteiger partial charge < -0.3 is 15.1 Å². The van der Waals surface area contributed by atoms with Crippen LogP contribution in [0.2, 0.25) is 0 Å². The number of aliphatic carboxylic acids is 1. The monoisotopic (exact) mass is 349 g/mol. The highest BCUT2D eigenvalue weighted by molar-refractivity contribution is 9.10. The van der Waals surface area contributed by atoms with E-state index < -0.39 is 5.97 Å². The van der Waals surface area contributed by atoms with E-state index >= 15 is 0 Å². The molecule has 5 heteroatoms. The van der Waals surface area contributed by atoms with Gasteiger partial charge in [-0.3, -0.25) is 4.79 Å². The van der Waals surface area contributed by atoms with Crippen molar-refractivity contribution < 1.29 is 15.0 Å². The Labute approximate surface area is 131 Å². The minimum absolute atomic E-state index is 0.0453. The number of halogens is 1. The van der Waals surface area contributed by atoms with Crippen molar-refractivity contribution in [3.8, 4) is 5.75 Å². The first-order valence-corrected chi connectivity index (χ1v) is 7.35. The summed E-state index contributed by atoms with van der Waals surface area (Å²) in [5, 5.41) is 18.8. The summed E-state index contributed by atoms with van der Waals surface area (Å²) in [6, 6.07) is 14.8. The van der Waals surface area contributed by atoms with Crippen LogP contribution in [0.15, 0.2) is 53.0 Å². The van der Waals surface area contributed by atoms with Gasteiger partial charge in [0.25, 0.3) is 0 Å². The van der Waals surface area contributed by atoms with E-state index in [0.29, 0.717) is 13.1 Å². The number of aromatic hydroxyl groups is 1. The zero-order valence-corrected chi connectivity index (χ0v) is 13.0. The lowest BCUT2D eigenvalue weighted by Gasteiger charge is -2.24. The van der Waals surface area contributed by atoms with E-state index in [4.69, 9.17) is 5.11 Å². The molecule has 0 aliphatic carbocycles. The number of carbonyl (C=O) groups is 1. The fourth-order valence-corrected chi connectivity index (χ4v) is 2.46. The average molecular weight is 350 g/mol. The van der Waals surface area contributed by atoms with Gasteiger partial charge in [-0.05, 0) is 30.3 Å². The Morgan fingerprint density at radius 3 is 2.52 bits per heavy atom. The van der Waals surface area contributed by atoms with Crippen LogP contribution in [0, 0.1) is 0 Å². The maximum absolute atomic E-state index is 10.8. The van der Waals surface area contributed by atoms with Crippen molar-refractivity contribution in [1.29, 1.82) is 0 Å². The Balaban J connectivity index is 2.23. The van der Waals surface area contributed by atoms with Crippen LogP contribution in [-0.4, -0.2) is 22.7 Å². The van der Waals surface area contributed by atoms with Crippen molar-refractivity contribution in [3.05, 3.63) is 58.6 Å². The number of phenolic OH excluding ortho intramolecular Hbond substituents is 1. The Hall–Kier alpha value is -2.01. The molecule has 0 saturated carbocycles. The van der Waals surface area contributed by atoms with Gasteiger partial charge >= 0.3 is 5.97 Å². The molecule has 2 aromatic carbocycles. The van der Waals surface area contributed by atoms with Crippen LogP contribution in [0.5, 0.6) is 5.75 Å². The molecule has 2 rings (SSSR count). The molecule has 0 atom stereocenters. The van der Waals surface area contributed by atoms with Crippen LogP contribution in [0.1, 0.15) is 12.0 Å². The zero-order chi connectivity index (χ0) is 15.2. The number of rotatable bonds is 6. The molecule has 0 aliphatic rings. The van der Waals surface area contributed by atoms with Crippen LogP contribution in [-0.2, 0) is 11.3 Å². The van der Waals surface area contributed by atoms with Gasteiger partial charge in [0.15, 0.2) is 0 Å². The zero-order valence-electron chi connectivity index (χ0n) is 11.4. The normalized spacial score (nSPS) is 10.3. The van der Waals surface area contributed by atoms with Crippen molar-refractivity contribution in [2.24, 2.45) is 0 Å². The largest absolute Gasteiger partial charge is 0.508 e. The maximum Gasteiger partial charge on any atom is 0.305 e. The highest BCUT2D eigenvalue weighted by Gasteiger charge is 2.12. The van der Waals surface area contributed by atoms with Crippen LogP contribution in [0.4, 0.5) is 5.69 Å². The quantitative estimate of drug-likeness (QED) is 0.835. The van der Waals surface area contributed by atoms with E-state index in [-0.39, 0.29) is 12.2 Å². The topological polar surface area (TPSA) is 60.8 Å². The van der Waals surface area contributed by atoms with E-state index in [0.717, 1.165) is 15.7 Å². The van der Waals surface area contributed by atoms with Gasteiger partial charge in [-0.1, -0.05) is 34.1 Å². The number of hydrogen-bond donors (Lipinski definition) is 2. The van der Waals surface area contributed by atoms with Gasteiger partial charge in [0.1, 0.15) is 5.75 Å². The molecular formula is C16H16BrNO3. The molecular weight excluding hydrogens is 334 g/mol. The highest BCUT2D eigenvalue weighted by Crippen LogP contribution is 2.25. The number of carboxylic acid groups (broad SMARTS) is 1. The summed E-state index contributed by atoms with van der Waals surface area (Å²) in [5.41, 5.74) is 1.68. The number of benzene rings is 2. The minimum Gasteiger partial charge on any atom is -0.508 e. The van der Waals surface area contributed by atoms with Gasteiger partial charge in [0, 0.05) is 28.8 Å². The molecule has 0 radical (unpaired) electrons. The second-order valence-electron chi connectivity index (χ2n) is 4.67. The van der Waals surface area contributed by atoms with Crippen LogP contribution in [0.3, 0.4) is 0 Å². The number of hydrogen-bond acceptors (Lipinski definition) is 3. The molecule has 0 fully saturated rings. The molecule has 0 amide bonds. The SMILES string of the molecule is O=C(O)CCN(Cc1cc(Br)ccc1O)c1ccccc1. The predicted molar refractivity (Wildman–Crippen MR) is 85.6 cm³/mol. The Bertz CT molecular complexity index is 616. The third-order valence-corrected chi connectivity index (χ3v) is 3.61. The van der Waals surface area contributed by atoms with E-state index in [1.54, 1.807) is 12.1 Å². The third kappa shape index (κ3) is 4.49. The van der Waals surface area contributed by atoms with Crippen LogP contribution in [0.25, 0.3) is 0 Å². The summed E-state index contributed by atoms with van der Waals surface area (Å²) < 4.78 is 0.876. The van der Waals surface area contributed by atoms with Crippen LogP contribution < -0.4 is 4.90 Å². The number of anilines is 1. The van der Waals surface area contributed by atoms with E-state index in [9.17, 15) is 9.90 Å². The molecule has 0 heterocycles. The Morgan fingerprint density at radius 2 is 1.86 bits per heavy atom. The van der Waals surface area contributed by atoms with Crippen molar-refractivity contribution in [3.63, 3.8) is 0 Å². The lowest BCUT2D eigenvalue weighted by Crippen LogP contribution is -2.25. The summed E-state index contributed by atoms with van der Waals surface area (Å²) in [6.45, 7) is 0.827. The van der Waals surface area contributed by atoms with Gasteiger partial charge in [-0.15, -0.1) is 0 Å². The number of para-hydroxylation sites is 1. The van der Waals surface area contributed by atoms with E-state index in [1.165, 1.54) is 0 Å². The first kappa shape index (κ1) is 15.4. The fraction of sp³-hybridized carbons (Fsp3) is 0.188. The molecule has 21 heavy (non-hydrogen) atoms. The van der Waals surface area contributed by atoms with E-state index in [1.807, 2.05) is 41.3 Å². The highest BCUT2D eigenvalue weighted by atomic mass is 79.9. The molecule has 2 aromatic rings. The Kier molecular flexibility index (Phi) is 5.22. The number of nitrogens with zero attached hydrogens (tertiary/aromatic N) is 1. The molecule has 0 bridgehead atoms. The number of phenols is 1. The van der Waals surface area contributed by atoms with Gasteiger partial charge in [-0.25, -0.2) is 0 Å². The third-order valence-electron chi connectivity index (χ3n) is 3.12. The smallest absolute Gasteiger partial charge is 0.305 e. The van der Waals surface area contributed by atoms with Crippen molar-refractivity contribution >= 4 is 27.6 Å². The van der Waals surface area contributed by atoms with Crippen molar-refractivity contribution in [2.75, 3.05) is 11.4 Å². The predicted octanol–water partition coefficient (Wildman–Crippen LogP) is 3.64. The molecule has 110 valence electrons. The Morgan fingerprint density at radius 1 is 1.14 bits per heavy atom. The summed E-state index contributed by atoms with van der Waals surface area (Å²) >= 11 is 3.38. The first-order chi connectivity index (χ1) is 10.1. The molecule has 0 spiro atoms. The minimum atomic E-state index is -0.839. The standard InChI is InChI=1S/C16H16BrNO3/c17-13-6-7-15(19)12(10-13)11-18(9-8-16(20)21)14-4-2-1-3-5-14/h1-7,10,19H,8-9,11H2,(H,20,21). The van der Waals surface area contributed by atoms with Gasteiger partial charge in [-0.2, -0.15) is 0 Å². The van der Waals surface area contributed by atoms with Gasteiger partial charge in [0.2, 0.25) is 0 Å². The second kappa shape index (κ2) is 7.13. The summed E-state index contributed by atoms with van der Waals surface area (Å²) in [7, 11) is 0. The molecule has 0 saturated heterocycles. The van der Waals surface area contributed by atoms with Crippen molar-refractivity contribution in [1.82, 2.24) is 0 Å². The molecule has 0 aliphatic heterocycles. The fourth-order valence-electron chi connectivity index (χ4n) is 2.06. The summed E-state index contributed by atoms with van der Waals surface area (Å²) in [5.74, 6) is -0.635. The molecule has 4 nitrogen and oxygen atoms in total. The van der Waals surface area contributed by atoms with E-state index in [2.05, 4.69) is 15.9 Å². The van der Waals surface area contributed by atoms with Gasteiger partial charge in [0.05, 0.1) is 6.42 Å². The lowest BCUT2D eigenvalue weighted by atomic mass is 10.1. The molecule has 0 unspecified atom stereocenters. The second-order valence-corrected chi connectivity index (χ2v) is 5.59. The van der Waals surface area contributed by atoms with Crippen LogP contribution >= 0.6 is 15.9 Å². The molecule has 2 N–H and O–H groups in total. The number of carboxylic acids is 1. The summed E-state index contributed by atoms with van der Waals surface area (Å²) in [4.78, 5) is 12.8. The molecule has 0 aromatic heterocycles.